The van der Waals surface area contributed by atoms with Crippen molar-refractivity contribution in [1.82, 2.24) is 5.06 Å². The fourth-order valence-electron chi connectivity index (χ4n) is 1.41. The lowest BCUT2D eigenvalue weighted by Crippen LogP contribution is -2.46. The van der Waals surface area contributed by atoms with Crippen LogP contribution in [0.4, 0.5) is 4.79 Å². The normalized spacial score (nSPS) is 11.4. The predicted molar refractivity (Wildman–Crippen MR) is 73.8 cm³/mol. The van der Waals surface area contributed by atoms with E-state index in [1.165, 1.54) is 5.06 Å². The molecule has 18 heavy (non-hydrogen) atoms. The van der Waals surface area contributed by atoms with E-state index < -0.39 is 11.6 Å². The zero-order chi connectivity index (χ0) is 14.0. The second-order valence-electron chi connectivity index (χ2n) is 5.10. The molecule has 0 spiro atoms. The van der Waals surface area contributed by atoms with E-state index in [4.69, 9.17) is 21.2 Å². The number of amides is 1. The lowest BCUT2D eigenvalue weighted by atomic mass is 10.1. The monoisotopic (exact) mass is 279 g/mol. The maximum absolute atomic E-state index is 11.7. The van der Waals surface area contributed by atoms with Crippen LogP contribution in [0.5, 0.6) is 0 Å². The Morgan fingerprint density at radius 1 is 1.17 bits per heavy atom. The molecule has 0 aromatic carbocycles. The second-order valence-corrected chi connectivity index (χ2v) is 5.48. The van der Waals surface area contributed by atoms with Crippen LogP contribution in [0.2, 0.25) is 0 Å². The average Bonchev–Trinajstić information content (AvgIpc) is 2.26. The number of hydrogen-bond donors (Lipinski definition) is 0. The molecule has 0 aliphatic heterocycles. The summed E-state index contributed by atoms with van der Waals surface area (Å²) >= 11 is 5.60. The van der Waals surface area contributed by atoms with Crippen LogP contribution in [0.15, 0.2) is 0 Å². The van der Waals surface area contributed by atoms with E-state index >= 15 is 0 Å². The van der Waals surface area contributed by atoms with Gasteiger partial charge in [-0.15, -0.1) is 11.6 Å². The molecule has 0 rings (SSSR count). The molecule has 4 nitrogen and oxygen atoms in total. The molecule has 0 unspecified atom stereocenters. The zero-order valence-electron chi connectivity index (χ0n) is 12.0. The van der Waals surface area contributed by atoms with Crippen LogP contribution in [0.25, 0.3) is 0 Å². The third-order valence-electron chi connectivity index (χ3n) is 2.29. The number of ether oxygens (including phenoxy) is 1. The summed E-state index contributed by atoms with van der Waals surface area (Å²) in [5.74, 6) is 0.706. The van der Waals surface area contributed by atoms with Crippen molar-refractivity contribution in [2.45, 2.75) is 58.9 Å². The first-order valence-electron chi connectivity index (χ1n) is 6.59. The summed E-state index contributed by atoms with van der Waals surface area (Å²) in [7, 11) is 0. The van der Waals surface area contributed by atoms with Crippen LogP contribution in [0, 0.1) is 0 Å². The maximum Gasteiger partial charge on any atom is 0.434 e. The zero-order valence-corrected chi connectivity index (χ0v) is 12.8. The van der Waals surface area contributed by atoms with Crippen molar-refractivity contribution in [3.63, 3.8) is 0 Å². The van der Waals surface area contributed by atoms with E-state index in [0.29, 0.717) is 19.1 Å². The molecule has 1 amide bonds. The maximum atomic E-state index is 11.7. The Balaban J connectivity index is 3.99. The van der Waals surface area contributed by atoms with Crippen LogP contribution in [0.1, 0.15) is 53.4 Å². The second kappa shape index (κ2) is 9.45. The summed E-state index contributed by atoms with van der Waals surface area (Å²) in [6.07, 6.45) is 3.69. The van der Waals surface area contributed by atoms with E-state index in [0.717, 1.165) is 25.7 Å². The van der Waals surface area contributed by atoms with Gasteiger partial charge in [0.1, 0.15) is 0 Å². The molecule has 0 aliphatic carbocycles. The SMILES string of the molecule is CCOC(=O)N(OCCCCCCCl)C(C)(C)C. The molecule has 0 saturated carbocycles. The molecular formula is C13H26ClNO3. The molecule has 108 valence electrons. The molecule has 0 heterocycles. The van der Waals surface area contributed by atoms with Crippen molar-refractivity contribution in [3.8, 4) is 0 Å². The van der Waals surface area contributed by atoms with Crippen LogP contribution in [-0.4, -0.2) is 35.8 Å². The highest BCUT2D eigenvalue weighted by molar-refractivity contribution is 6.17. The van der Waals surface area contributed by atoms with Gasteiger partial charge < -0.3 is 4.74 Å². The van der Waals surface area contributed by atoms with Gasteiger partial charge in [-0.1, -0.05) is 12.8 Å². The highest BCUT2D eigenvalue weighted by Gasteiger charge is 2.28. The van der Waals surface area contributed by atoms with Gasteiger partial charge in [-0.2, -0.15) is 5.06 Å². The smallest absolute Gasteiger partial charge is 0.434 e. The van der Waals surface area contributed by atoms with E-state index in [-0.39, 0.29) is 0 Å². The Labute approximate surface area is 116 Å². The number of rotatable bonds is 8. The number of alkyl halides is 1. The quantitative estimate of drug-likeness (QED) is 0.383. The van der Waals surface area contributed by atoms with Crippen molar-refractivity contribution >= 4 is 17.7 Å². The summed E-state index contributed by atoms with van der Waals surface area (Å²) in [4.78, 5) is 17.2. The molecular weight excluding hydrogens is 254 g/mol. The van der Waals surface area contributed by atoms with E-state index in [9.17, 15) is 4.79 Å². The molecule has 0 aromatic rings. The minimum Gasteiger partial charge on any atom is -0.448 e. The Hall–Kier alpha value is -0.480. The molecule has 5 heteroatoms. The van der Waals surface area contributed by atoms with Crippen molar-refractivity contribution in [3.05, 3.63) is 0 Å². The Bertz CT molecular complexity index is 229. The fourth-order valence-corrected chi connectivity index (χ4v) is 1.60. The first-order chi connectivity index (χ1) is 8.43. The summed E-state index contributed by atoms with van der Waals surface area (Å²) < 4.78 is 4.97. The Kier molecular flexibility index (Phi) is 9.20. The largest absolute Gasteiger partial charge is 0.448 e. The predicted octanol–water partition coefficient (Wildman–Crippen LogP) is 3.97. The molecule has 0 atom stereocenters. The van der Waals surface area contributed by atoms with Gasteiger partial charge in [0.05, 0.1) is 18.8 Å². The number of halogens is 1. The van der Waals surface area contributed by atoms with E-state index in [1.54, 1.807) is 6.92 Å². The molecule has 0 aliphatic rings. The Morgan fingerprint density at radius 2 is 1.78 bits per heavy atom. The highest BCUT2D eigenvalue weighted by atomic mass is 35.5. The first kappa shape index (κ1) is 17.5. The van der Waals surface area contributed by atoms with Crippen molar-refractivity contribution < 1.29 is 14.4 Å². The Morgan fingerprint density at radius 3 is 2.28 bits per heavy atom. The van der Waals surface area contributed by atoms with Gasteiger partial charge in [0.25, 0.3) is 0 Å². The van der Waals surface area contributed by atoms with Gasteiger partial charge in [0, 0.05) is 5.88 Å². The minimum absolute atomic E-state index is 0.352. The molecule has 0 saturated heterocycles. The van der Waals surface area contributed by atoms with Crippen LogP contribution in [0.3, 0.4) is 0 Å². The van der Waals surface area contributed by atoms with Gasteiger partial charge in [-0.05, 0) is 40.5 Å². The first-order valence-corrected chi connectivity index (χ1v) is 7.12. The third-order valence-corrected chi connectivity index (χ3v) is 2.56. The van der Waals surface area contributed by atoms with Gasteiger partial charge in [-0.3, -0.25) is 4.84 Å². The number of carbonyl (C=O) groups is 1. The topological polar surface area (TPSA) is 38.8 Å². The van der Waals surface area contributed by atoms with Crippen LogP contribution < -0.4 is 0 Å². The van der Waals surface area contributed by atoms with E-state index in [2.05, 4.69) is 0 Å². The van der Waals surface area contributed by atoms with Gasteiger partial charge >= 0.3 is 6.09 Å². The van der Waals surface area contributed by atoms with Gasteiger partial charge in [-0.25, -0.2) is 4.79 Å². The molecule has 0 radical (unpaired) electrons. The average molecular weight is 280 g/mol. The van der Waals surface area contributed by atoms with Gasteiger partial charge in [0.2, 0.25) is 0 Å². The van der Waals surface area contributed by atoms with Crippen molar-refractivity contribution in [2.24, 2.45) is 0 Å². The lowest BCUT2D eigenvalue weighted by molar-refractivity contribution is -0.183. The summed E-state index contributed by atoms with van der Waals surface area (Å²) in [6, 6.07) is 0. The van der Waals surface area contributed by atoms with Crippen molar-refractivity contribution in [2.75, 3.05) is 19.1 Å². The van der Waals surface area contributed by atoms with Crippen molar-refractivity contribution in [1.29, 1.82) is 0 Å². The summed E-state index contributed by atoms with van der Waals surface area (Å²) in [5.41, 5.74) is -0.400. The number of unbranched alkanes of at least 4 members (excludes halogenated alkanes) is 3. The van der Waals surface area contributed by atoms with Crippen LogP contribution >= 0.6 is 11.6 Å². The van der Waals surface area contributed by atoms with Gasteiger partial charge in [0.15, 0.2) is 0 Å². The lowest BCUT2D eigenvalue weighted by Gasteiger charge is -2.33. The van der Waals surface area contributed by atoms with E-state index in [1.807, 2.05) is 20.8 Å². The minimum atomic E-state index is -0.425. The highest BCUT2D eigenvalue weighted by Crippen LogP contribution is 2.16. The van der Waals surface area contributed by atoms with Crippen LogP contribution in [-0.2, 0) is 9.57 Å². The molecule has 0 aromatic heterocycles. The summed E-state index contributed by atoms with van der Waals surface area (Å²) in [6.45, 7) is 8.40. The fraction of sp³-hybridized carbons (Fsp3) is 0.923. The number of hydrogen-bond acceptors (Lipinski definition) is 3. The standard InChI is InChI=1S/C13H26ClNO3/c1-5-17-12(16)15(13(2,3)4)18-11-9-7-6-8-10-14/h5-11H2,1-4H3. The molecule has 0 fully saturated rings. The third kappa shape index (κ3) is 7.77. The number of nitrogens with zero attached hydrogens (tertiary/aromatic N) is 1. The summed E-state index contributed by atoms with van der Waals surface area (Å²) in [5, 5.41) is 1.32. The molecule has 0 N–H and O–H groups in total. The number of hydroxylamine groups is 2. The molecule has 0 bridgehead atoms. The number of carbonyl (C=O) groups excluding carboxylic acids is 1.